The van der Waals surface area contributed by atoms with Gasteiger partial charge in [-0.15, -0.1) is 10.1 Å². The molecular weight excluding hydrogens is 413 g/mol. The highest BCUT2D eigenvalue weighted by molar-refractivity contribution is 6.01. The summed E-state index contributed by atoms with van der Waals surface area (Å²) in [5.41, 5.74) is -7.02. The molecule has 0 aromatic carbocycles. The van der Waals surface area contributed by atoms with Crippen LogP contribution in [0.3, 0.4) is 0 Å². The number of alkyl halides is 1. The maximum absolute atomic E-state index is 17.2. The Bertz CT molecular complexity index is 919. The van der Waals surface area contributed by atoms with Gasteiger partial charge in [0.2, 0.25) is 0 Å². The zero-order valence-corrected chi connectivity index (χ0v) is 17.3. The minimum Gasteiger partial charge on any atom is -0.390 e. The number of aliphatic hydroxyl groups is 3. The Hall–Kier alpha value is -2.17. The van der Waals surface area contributed by atoms with E-state index in [9.17, 15) is 35.0 Å². The first kappa shape index (κ1) is 22.0. The van der Waals surface area contributed by atoms with Gasteiger partial charge < -0.3 is 20.2 Å². The third-order valence-electron chi connectivity index (χ3n) is 8.62. The smallest absolute Gasteiger partial charge is 0.294 e. The van der Waals surface area contributed by atoms with Crippen molar-refractivity contribution in [3.63, 3.8) is 0 Å². The second-order valence-corrected chi connectivity index (χ2v) is 9.67. The van der Waals surface area contributed by atoms with E-state index in [1.165, 1.54) is 25.2 Å². The van der Waals surface area contributed by atoms with Gasteiger partial charge in [-0.25, -0.2) is 4.39 Å². The molecule has 4 aliphatic rings. The lowest BCUT2D eigenvalue weighted by Crippen LogP contribution is -2.70. The molecule has 0 aromatic rings. The second kappa shape index (κ2) is 6.66. The first-order chi connectivity index (χ1) is 14.4. The number of ketones is 2. The SMILES string of the molecule is C[C@]12C=CC(=O)C=C1CC[C@H]1[C@@H]3C[C@@H](O)[C@](O)(C(=O)CO)[C@@]3(C)C[C@H](O[N+](=O)[O-])C12F. The van der Waals surface area contributed by atoms with Crippen LogP contribution in [-0.4, -0.2) is 62.1 Å². The molecule has 0 amide bonds. The fraction of sp³-hybridized carbons (Fsp3) is 0.714. The van der Waals surface area contributed by atoms with E-state index in [0.717, 1.165) is 0 Å². The van der Waals surface area contributed by atoms with Gasteiger partial charge >= 0.3 is 0 Å². The summed E-state index contributed by atoms with van der Waals surface area (Å²) in [4.78, 5) is 40.6. The minimum absolute atomic E-state index is 0.0992. The molecule has 0 saturated heterocycles. The maximum atomic E-state index is 17.2. The van der Waals surface area contributed by atoms with Crippen molar-refractivity contribution in [3.05, 3.63) is 33.9 Å². The Morgan fingerprint density at radius 1 is 1.39 bits per heavy atom. The summed E-state index contributed by atoms with van der Waals surface area (Å²) in [6.45, 7) is 2.03. The van der Waals surface area contributed by atoms with E-state index in [1.54, 1.807) is 6.92 Å². The van der Waals surface area contributed by atoms with Crippen LogP contribution in [-0.2, 0) is 14.4 Å². The monoisotopic (exact) mass is 439 g/mol. The Kier molecular flexibility index (Phi) is 4.74. The van der Waals surface area contributed by atoms with Gasteiger partial charge in [-0.05, 0) is 50.7 Å². The highest BCUT2D eigenvalue weighted by atomic mass is 19.1. The number of aliphatic hydroxyl groups excluding tert-OH is 2. The predicted molar refractivity (Wildman–Crippen MR) is 103 cm³/mol. The first-order valence-electron chi connectivity index (χ1n) is 10.3. The highest BCUT2D eigenvalue weighted by Gasteiger charge is 2.77. The van der Waals surface area contributed by atoms with Crippen LogP contribution in [0.1, 0.15) is 39.5 Å². The van der Waals surface area contributed by atoms with Gasteiger partial charge in [0.25, 0.3) is 5.09 Å². The van der Waals surface area contributed by atoms with Crippen LogP contribution in [0.25, 0.3) is 0 Å². The Morgan fingerprint density at radius 2 is 2.06 bits per heavy atom. The zero-order chi connectivity index (χ0) is 23.0. The van der Waals surface area contributed by atoms with Crippen LogP contribution in [0.2, 0.25) is 0 Å². The molecule has 4 rings (SSSR count). The minimum atomic E-state index is -2.39. The standard InChI is InChI=1S/C21H26FNO8/c1-18-6-5-12(25)7-11(18)3-4-13-14-8-15(26)21(28,16(27)10-24)19(14,2)9-17(20(13,18)22)31-23(29)30/h5-7,13-15,17,24,26,28H,3-4,8-10H2,1-2H3/t13-,14-,15+,17-,18-,19-,20?,21-/m0/s1. The molecule has 170 valence electrons. The molecule has 3 saturated carbocycles. The molecule has 0 spiro atoms. The molecule has 0 heterocycles. The normalized spacial score (nSPS) is 48.3. The topological polar surface area (TPSA) is 147 Å². The van der Waals surface area contributed by atoms with Gasteiger partial charge in [0.15, 0.2) is 22.8 Å². The number of hydrogen-bond acceptors (Lipinski definition) is 8. The molecule has 10 heteroatoms. The molecule has 3 N–H and O–H groups in total. The Labute approximate surface area is 177 Å². The molecule has 0 aliphatic heterocycles. The zero-order valence-electron chi connectivity index (χ0n) is 17.3. The average molecular weight is 439 g/mol. The van der Waals surface area contributed by atoms with Gasteiger partial charge in [0.1, 0.15) is 12.7 Å². The van der Waals surface area contributed by atoms with Gasteiger partial charge in [-0.2, -0.15) is 0 Å². The molecule has 8 atom stereocenters. The van der Waals surface area contributed by atoms with Crippen molar-refractivity contribution < 1.29 is 39.2 Å². The second-order valence-electron chi connectivity index (χ2n) is 9.67. The molecular formula is C21H26FNO8. The molecule has 9 nitrogen and oxygen atoms in total. The summed E-state index contributed by atoms with van der Waals surface area (Å²) in [5.74, 6) is -2.90. The highest BCUT2D eigenvalue weighted by Crippen LogP contribution is 2.70. The van der Waals surface area contributed by atoms with Crippen molar-refractivity contribution >= 4 is 11.6 Å². The molecule has 0 aromatic heterocycles. The summed E-state index contributed by atoms with van der Waals surface area (Å²) in [6.07, 6.45) is 0.816. The van der Waals surface area contributed by atoms with Crippen molar-refractivity contribution in [2.75, 3.05) is 6.61 Å². The summed E-state index contributed by atoms with van der Waals surface area (Å²) in [5, 5.41) is 41.6. The van der Waals surface area contributed by atoms with E-state index in [-0.39, 0.29) is 18.6 Å². The average Bonchev–Trinajstić information content (AvgIpc) is 2.90. The van der Waals surface area contributed by atoms with Crippen molar-refractivity contribution in [2.45, 2.75) is 63.0 Å². The van der Waals surface area contributed by atoms with Crippen molar-refractivity contribution in [3.8, 4) is 0 Å². The molecule has 3 fully saturated rings. The van der Waals surface area contributed by atoms with E-state index in [4.69, 9.17) is 4.84 Å². The van der Waals surface area contributed by atoms with Crippen LogP contribution in [0.4, 0.5) is 4.39 Å². The number of halogens is 1. The van der Waals surface area contributed by atoms with Crippen LogP contribution >= 0.6 is 0 Å². The van der Waals surface area contributed by atoms with Crippen LogP contribution in [0.15, 0.2) is 23.8 Å². The summed E-state index contributed by atoms with van der Waals surface area (Å²) in [6, 6.07) is 0. The fourth-order valence-corrected chi connectivity index (χ4v) is 7.03. The lowest BCUT2D eigenvalue weighted by Gasteiger charge is -2.62. The molecule has 31 heavy (non-hydrogen) atoms. The van der Waals surface area contributed by atoms with E-state index in [2.05, 4.69) is 0 Å². The van der Waals surface area contributed by atoms with Gasteiger partial charge in [0.05, 0.1) is 6.10 Å². The molecule has 1 unspecified atom stereocenters. The number of carbonyl (C=O) groups is 2. The Balaban J connectivity index is 1.89. The third kappa shape index (κ3) is 2.52. The summed E-state index contributed by atoms with van der Waals surface area (Å²) < 4.78 is 17.2. The van der Waals surface area contributed by atoms with Gasteiger partial charge in [0, 0.05) is 16.7 Å². The number of carbonyl (C=O) groups excluding carboxylic acids is 2. The van der Waals surface area contributed by atoms with Crippen LogP contribution in [0, 0.1) is 32.8 Å². The van der Waals surface area contributed by atoms with Crippen LogP contribution < -0.4 is 0 Å². The summed E-state index contributed by atoms with van der Waals surface area (Å²) in [7, 11) is 0. The largest absolute Gasteiger partial charge is 0.390 e. The Morgan fingerprint density at radius 3 is 2.68 bits per heavy atom. The number of allylic oxidation sites excluding steroid dienone is 4. The lowest BCUT2D eigenvalue weighted by molar-refractivity contribution is -0.775. The lowest BCUT2D eigenvalue weighted by atomic mass is 9.44. The molecule has 0 bridgehead atoms. The summed E-state index contributed by atoms with van der Waals surface area (Å²) >= 11 is 0. The first-order valence-corrected chi connectivity index (χ1v) is 10.3. The quantitative estimate of drug-likeness (QED) is 0.431. The maximum Gasteiger partial charge on any atom is 0.294 e. The fourth-order valence-electron chi connectivity index (χ4n) is 7.03. The van der Waals surface area contributed by atoms with E-state index >= 15 is 4.39 Å². The third-order valence-corrected chi connectivity index (χ3v) is 8.62. The molecule has 0 radical (unpaired) electrons. The van der Waals surface area contributed by atoms with E-state index in [0.29, 0.717) is 12.0 Å². The van der Waals surface area contributed by atoms with Gasteiger partial charge in [-0.1, -0.05) is 18.6 Å². The number of rotatable bonds is 4. The van der Waals surface area contributed by atoms with Crippen molar-refractivity contribution in [2.24, 2.45) is 22.7 Å². The number of nitrogens with zero attached hydrogens (tertiary/aromatic N) is 1. The van der Waals surface area contributed by atoms with E-state index < -0.39 is 70.0 Å². The predicted octanol–water partition coefficient (Wildman–Crippen LogP) is 0.837. The van der Waals surface area contributed by atoms with Gasteiger partial charge in [-0.3, -0.25) is 9.59 Å². The van der Waals surface area contributed by atoms with Crippen molar-refractivity contribution in [1.82, 2.24) is 0 Å². The van der Waals surface area contributed by atoms with Crippen molar-refractivity contribution in [1.29, 1.82) is 0 Å². The number of hydrogen-bond donors (Lipinski definition) is 3. The number of fused-ring (bicyclic) bond motifs is 5. The van der Waals surface area contributed by atoms with Crippen LogP contribution in [0.5, 0.6) is 0 Å². The van der Waals surface area contributed by atoms with E-state index in [1.807, 2.05) is 0 Å². The molecule has 4 aliphatic carbocycles. The number of Topliss-reactive ketones (excluding diaryl/α,β-unsaturated/α-hetero) is 1.